The standard InChI is InChI=1S/C20H20BNO3/c1-14(23-2)16-8-3-4-10-18(16)21-24-19-11-5-9-17(20(19)25-21)15-7-6-12-22-13-15/h3-14,19-20H,1-2H3/t14-,19+,20-/m1/s1. The summed E-state index contributed by atoms with van der Waals surface area (Å²) in [7, 11) is 1.30. The molecule has 2 aliphatic rings. The minimum Gasteiger partial charge on any atom is -0.398 e. The van der Waals surface area contributed by atoms with E-state index in [1.165, 1.54) is 0 Å². The van der Waals surface area contributed by atoms with Crippen LogP contribution in [0.25, 0.3) is 5.57 Å². The van der Waals surface area contributed by atoms with Crippen LogP contribution in [-0.2, 0) is 14.0 Å². The van der Waals surface area contributed by atoms with Crippen LogP contribution in [-0.4, -0.2) is 31.4 Å². The van der Waals surface area contributed by atoms with Gasteiger partial charge in [-0.3, -0.25) is 4.98 Å². The van der Waals surface area contributed by atoms with Crippen molar-refractivity contribution in [1.82, 2.24) is 4.98 Å². The summed E-state index contributed by atoms with van der Waals surface area (Å²) >= 11 is 0. The monoisotopic (exact) mass is 333 g/mol. The van der Waals surface area contributed by atoms with Crippen molar-refractivity contribution < 1.29 is 14.0 Å². The third-order valence-corrected chi connectivity index (χ3v) is 4.77. The average Bonchev–Trinajstić information content (AvgIpc) is 3.12. The van der Waals surface area contributed by atoms with Gasteiger partial charge in [-0.1, -0.05) is 48.6 Å². The summed E-state index contributed by atoms with van der Waals surface area (Å²) in [6.45, 7) is 2.03. The number of hydrogen-bond acceptors (Lipinski definition) is 4. The zero-order valence-corrected chi connectivity index (χ0v) is 14.3. The molecule has 1 saturated heterocycles. The number of nitrogens with zero attached hydrogens (tertiary/aromatic N) is 1. The van der Waals surface area contributed by atoms with E-state index in [2.05, 4.69) is 17.1 Å². The summed E-state index contributed by atoms with van der Waals surface area (Å²) in [5.74, 6) is 0. The minimum atomic E-state index is -0.411. The number of aromatic nitrogens is 1. The van der Waals surface area contributed by atoms with Crippen LogP contribution < -0.4 is 5.46 Å². The highest BCUT2D eigenvalue weighted by Crippen LogP contribution is 2.33. The molecule has 1 fully saturated rings. The normalized spacial score (nSPS) is 23.3. The molecule has 0 radical (unpaired) electrons. The lowest BCUT2D eigenvalue weighted by atomic mass is 9.75. The van der Waals surface area contributed by atoms with E-state index < -0.39 is 7.12 Å². The lowest BCUT2D eigenvalue weighted by Gasteiger charge is -2.21. The van der Waals surface area contributed by atoms with Gasteiger partial charge in [-0.15, -0.1) is 0 Å². The summed E-state index contributed by atoms with van der Waals surface area (Å²) in [6.07, 6.45) is 9.53. The first-order valence-electron chi connectivity index (χ1n) is 8.49. The Morgan fingerprint density at radius 2 is 2.04 bits per heavy atom. The molecule has 2 heterocycles. The second kappa shape index (κ2) is 6.96. The van der Waals surface area contributed by atoms with Gasteiger partial charge in [0, 0.05) is 19.5 Å². The molecule has 2 aromatic rings. The molecule has 1 aliphatic heterocycles. The number of fused-ring (bicyclic) bond motifs is 1. The molecule has 0 bridgehead atoms. The predicted octanol–water partition coefficient (Wildman–Crippen LogP) is 2.92. The smallest absolute Gasteiger partial charge is 0.398 e. The maximum absolute atomic E-state index is 6.33. The van der Waals surface area contributed by atoms with Crippen molar-refractivity contribution >= 4 is 18.2 Å². The largest absolute Gasteiger partial charge is 0.495 e. The van der Waals surface area contributed by atoms with Gasteiger partial charge in [0.1, 0.15) is 0 Å². The third-order valence-electron chi connectivity index (χ3n) is 4.77. The highest BCUT2D eigenvalue weighted by atomic mass is 16.7. The molecular weight excluding hydrogens is 313 g/mol. The summed E-state index contributed by atoms with van der Waals surface area (Å²) in [6, 6.07) is 12.1. The van der Waals surface area contributed by atoms with Gasteiger partial charge in [0.2, 0.25) is 0 Å². The van der Waals surface area contributed by atoms with Crippen LogP contribution in [0, 0.1) is 0 Å². The fraction of sp³-hybridized carbons (Fsp3) is 0.250. The molecule has 1 aromatic heterocycles. The van der Waals surface area contributed by atoms with Crippen LogP contribution >= 0.6 is 0 Å². The van der Waals surface area contributed by atoms with Crippen molar-refractivity contribution in [3.8, 4) is 0 Å². The minimum absolute atomic E-state index is 0.0186. The molecule has 25 heavy (non-hydrogen) atoms. The summed E-state index contributed by atoms with van der Waals surface area (Å²) < 4.78 is 18.0. The van der Waals surface area contributed by atoms with Crippen molar-refractivity contribution in [1.29, 1.82) is 0 Å². The zero-order valence-electron chi connectivity index (χ0n) is 14.3. The molecule has 0 amide bonds. The van der Waals surface area contributed by atoms with E-state index >= 15 is 0 Å². The molecule has 126 valence electrons. The summed E-state index contributed by atoms with van der Waals surface area (Å²) in [4.78, 5) is 4.22. The molecule has 1 aromatic carbocycles. The van der Waals surface area contributed by atoms with Gasteiger partial charge < -0.3 is 14.0 Å². The molecule has 0 saturated carbocycles. The molecule has 4 nitrogen and oxygen atoms in total. The molecule has 0 unspecified atom stereocenters. The first-order valence-corrected chi connectivity index (χ1v) is 8.49. The topological polar surface area (TPSA) is 40.6 Å². The average molecular weight is 333 g/mol. The second-order valence-corrected chi connectivity index (χ2v) is 6.24. The Bertz CT molecular complexity index is 806. The Balaban J connectivity index is 1.64. The second-order valence-electron chi connectivity index (χ2n) is 6.24. The Labute approximate surface area is 148 Å². The van der Waals surface area contributed by atoms with E-state index in [1.54, 1.807) is 13.3 Å². The van der Waals surface area contributed by atoms with Crippen LogP contribution in [0.1, 0.15) is 24.2 Å². The van der Waals surface area contributed by atoms with Crippen molar-refractivity contribution in [2.75, 3.05) is 7.11 Å². The summed E-state index contributed by atoms with van der Waals surface area (Å²) in [5, 5.41) is 0. The van der Waals surface area contributed by atoms with Gasteiger partial charge in [0.15, 0.2) is 0 Å². The van der Waals surface area contributed by atoms with Gasteiger partial charge in [-0.25, -0.2) is 0 Å². The lowest BCUT2D eigenvalue weighted by Crippen LogP contribution is -2.36. The molecule has 0 N–H and O–H groups in total. The molecule has 1 aliphatic carbocycles. The number of rotatable bonds is 4. The number of pyridine rings is 1. The lowest BCUT2D eigenvalue weighted by molar-refractivity contribution is 0.120. The van der Waals surface area contributed by atoms with Crippen molar-refractivity contribution in [2.24, 2.45) is 0 Å². The van der Waals surface area contributed by atoms with Gasteiger partial charge in [0.05, 0.1) is 18.3 Å². The van der Waals surface area contributed by atoms with Crippen LogP contribution in [0.5, 0.6) is 0 Å². The van der Waals surface area contributed by atoms with E-state index in [4.69, 9.17) is 14.0 Å². The third kappa shape index (κ3) is 3.06. The Morgan fingerprint density at radius 3 is 2.84 bits per heavy atom. The number of hydrogen-bond donors (Lipinski definition) is 0. The fourth-order valence-corrected chi connectivity index (χ4v) is 3.38. The number of benzene rings is 1. The molecule has 4 rings (SSSR count). The Morgan fingerprint density at radius 1 is 1.16 bits per heavy atom. The number of ether oxygens (including phenoxy) is 1. The molecule has 3 atom stereocenters. The van der Waals surface area contributed by atoms with E-state index in [-0.39, 0.29) is 18.3 Å². The van der Waals surface area contributed by atoms with Crippen LogP contribution in [0.15, 0.2) is 67.0 Å². The first kappa shape index (κ1) is 16.3. The number of methoxy groups -OCH3 is 1. The summed E-state index contributed by atoms with van der Waals surface area (Å²) in [5.41, 5.74) is 4.26. The van der Waals surface area contributed by atoms with Crippen molar-refractivity contribution in [2.45, 2.75) is 25.2 Å². The fourth-order valence-electron chi connectivity index (χ4n) is 3.38. The van der Waals surface area contributed by atoms with Crippen LogP contribution in [0.2, 0.25) is 0 Å². The van der Waals surface area contributed by atoms with Gasteiger partial charge >= 0.3 is 7.12 Å². The highest BCUT2D eigenvalue weighted by Gasteiger charge is 2.43. The van der Waals surface area contributed by atoms with Crippen LogP contribution in [0.4, 0.5) is 0 Å². The van der Waals surface area contributed by atoms with Gasteiger partial charge in [-0.05, 0) is 35.2 Å². The molecule has 0 spiro atoms. The van der Waals surface area contributed by atoms with E-state index in [0.717, 1.165) is 22.2 Å². The zero-order chi connectivity index (χ0) is 17.2. The first-order chi connectivity index (χ1) is 12.3. The quantitative estimate of drug-likeness (QED) is 0.807. The highest BCUT2D eigenvalue weighted by molar-refractivity contribution is 6.62. The SMILES string of the molecule is CO[C@H](C)c1ccccc1B1O[C@H]2C=CC=C(c3cccnc3)[C@H]2O1. The maximum atomic E-state index is 6.33. The van der Waals surface area contributed by atoms with E-state index in [0.29, 0.717) is 0 Å². The van der Waals surface area contributed by atoms with Gasteiger partial charge in [-0.2, -0.15) is 0 Å². The molecule has 5 heteroatoms. The van der Waals surface area contributed by atoms with E-state index in [1.807, 2.05) is 55.6 Å². The predicted molar refractivity (Wildman–Crippen MR) is 98.4 cm³/mol. The Kier molecular flexibility index (Phi) is 4.53. The Hall–Kier alpha value is -2.21. The van der Waals surface area contributed by atoms with Gasteiger partial charge in [0.25, 0.3) is 0 Å². The van der Waals surface area contributed by atoms with E-state index in [9.17, 15) is 0 Å². The van der Waals surface area contributed by atoms with Crippen molar-refractivity contribution in [3.63, 3.8) is 0 Å². The van der Waals surface area contributed by atoms with Crippen molar-refractivity contribution in [3.05, 3.63) is 78.1 Å². The maximum Gasteiger partial charge on any atom is 0.495 e. The number of allylic oxidation sites excluding steroid dienone is 2. The van der Waals surface area contributed by atoms with Crippen LogP contribution in [0.3, 0.4) is 0 Å². The molecular formula is C20H20BNO3.